The number of rotatable bonds is 6. The molecular weight excluding hydrogens is 469 g/mol. The third-order valence-electron chi connectivity index (χ3n) is 6.62. The molecule has 1 aliphatic heterocycles. The van der Waals surface area contributed by atoms with Crippen molar-refractivity contribution < 1.29 is 17.6 Å². The minimum absolute atomic E-state index is 0.00353. The molecule has 1 saturated carbocycles. The summed E-state index contributed by atoms with van der Waals surface area (Å²) in [6.07, 6.45) is 6.70. The summed E-state index contributed by atoms with van der Waals surface area (Å²) < 4.78 is 37.8. The van der Waals surface area contributed by atoms with Gasteiger partial charge in [-0.3, -0.25) is 4.79 Å². The highest BCUT2D eigenvalue weighted by Crippen LogP contribution is 2.53. The second-order valence-electron chi connectivity index (χ2n) is 8.93. The van der Waals surface area contributed by atoms with Gasteiger partial charge in [-0.2, -0.15) is 4.98 Å². The number of anilines is 5. The number of carbonyl (C=O) groups is 1. The molecule has 0 radical (unpaired) electrons. The van der Waals surface area contributed by atoms with E-state index in [2.05, 4.69) is 27.2 Å². The van der Waals surface area contributed by atoms with Crippen LogP contribution >= 0.6 is 0 Å². The van der Waals surface area contributed by atoms with Crippen LogP contribution in [-0.4, -0.2) is 37.1 Å². The Morgan fingerprint density at radius 3 is 2.49 bits per heavy atom. The molecule has 2 N–H and O–H groups in total. The van der Waals surface area contributed by atoms with Crippen molar-refractivity contribution in [2.75, 3.05) is 28.3 Å². The Morgan fingerprint density at radius 1 is 1.14 bits per heavy atom. The van der Waals surface area contributed by atoms with Crippen LogP contribution in [0.2, 0.25) is 0 Å². The van der Waals surface area contributed by atoms with Gasteiger partial charge in [0, 0.05) is 35.3 Å². The van der Waals surface area contributed by atoms with Crippen molar-refractivity contribution in [2.24, 2.45) is 0 Å². The number of fused-ring (bicyclic) bond motifs is 2. The largest absolute Gasteiger partial charge is 0.338 e. The van der Waals surface area contributed by atoms with Crippen molar-refractivity contribution in [2.45, 2.75) is 29.6 Å². The highest BCUT2D eigenvalue weighted by atomic mass is 32.2. The molecule has 180 valence electrons. The molecule has 1 aliphatic carbocycles. The Kier molecular flexibility index (Phi) is 5.55. The predicted octanol–water partition coefficient (Wildman–Crippen LogP) is 4.46. The van der Waals surface area contributed by atoms with Crippen LogP contribution in [0.25, 0.3) is 0 Å². The molecule has 0 atom stereocenters. The zero-order valence-electron chi connectivity index (χ0n) is 19.1. The summed E-state index contributed by atoms with van der Waals surface area (Å²) in [5.41, 5.74) is 3.07. The molecule has 0 unspecified atom stereocenters. The predicted molar refractivity (Wildman–Crippen MR) is 133 cm³/mol. The summed E-state index contributed by atoms with van der Waals surface area (Å²) in [5, 5.41) is 5.93. The number of sulfone groups is 1. The normalized spacial score (nSPS) is 15.9. The molecule has 0 bridgehead atoms. The van der Waals surface area contributed by atoms with Crippen LogP contribution in [-0.2, 0) is 20.0 Å². The van der Waals surface area contributed by atoms with Crippen molar-refractivity contribution in [1.29, 1.82) is 0 Å². The average Bonchev–Trinajstić information content (AvgIpc) is 3.16. The number of amides is 1. The second-order valence-corrected chi connectivity index (χ2v) is 10.9. The van der Waals surface area contributed by atoms with E-state index < -0.39 is 15.7 Å². The molecule has 10 heteroatoms. The standard InChI is InChI=1S/C25H24FN5O3S/c1-3-22(32)31-15-25(11-4-12-25)19-10-7-17(13-21(19)31)28-23-20(26)14-27-24(30-23)29-16-5-8-18(9-6-16)35(2,33)34/h3,5-10,13-14H,1,4,11-12,15H2,2H3,(H2,27,28,29,30). The second kappa shape index (κ2) is 8.46. The first kappa shape index (κ1) is 23.0. The van der Waals surface area contributed by atoms with Gasteiger partial charge in [0.2, 0.25) is 11.9 Å². The lowest BCUT2D eigenvalue weighted by molar-refractivity contribution is -0.114. The van der Waals surface area contributed by atoms with Gasteiger partial charge in [0.15, 0.2) is 21.5 Å². The number of nitrogens with one attached hydrogen (secondary N) is 2. The van der Waals surface area contributed by atoms with Crippen molar-refractivity contribution >= 4 is 44.6 Å². The van der Waals surface area contributed by atoms with E-state index in [4.69, 9.17) is 0 Å². The third-order valence-corrected chi connectivity index (χ3v) is 7.75. The molecule has 3 aromatic rings. The van der Waals surface area contributed by atoms with Crippen molar-refractivity contribution in [3.63, 3.8) is 0 Å². The van der Waals surface area contributed by atoms with Crippen LogP contribution in [0.3, 0.4) is 0 Å². The van der Waals surface area contributed by atoms with Crippen molar-refractivity contribution in [3.8, 4) is 0 Å². The molecule has 5 rings (SSSR count). The monoisotopic (exact) mass is 493 g/mol. The van der Waals surface area contributed by atoms with Crippen molar-refractivity contribution in [1.82, 2.24) is 9.97 Å². The zero-order chi connectivity index (χ0) is 24.8. The topological polar surface area (TPSA) is 104 Å². The summed E-state index contributed by atoms with van der Waals surface area (Å²) in [6, 6.07) is 11.8. The van der Waals surface area contributed by atoms with E-state index in [-0.39, 0.29) is 28.0 Å². The van der Waals surface area contributed by atoms with Gasteiger partial charge >= 0.3 is 0 Å². The first-order valence-electron chi connectivity index (χ1n) is 11.1. The minimum Gasteiger partial charge on any atom is -0.338 e. The highest BCUT2D eigenvalue weighted by molar-refractivity contribution is 7.90. The smallest absolute Gasteiger partial charge is 0.250 e. The zero-order valence-corrected chi connectivity index (χ0v) is 19.9. The van der Waals surface area contributed by atoms with Gasteiger partial charge in [-0.25, -0.2) is 17.8 Å². The maximum absolute atomic E-state index is 14.5. The molecular formula is C25H24FN5O3S. The fraction of sp³-hybridized carbons (Fsp3) is 0.240. The lowest BCUT2D eigenvalue weighted by Crippen LogP contribution is -2.40. The molecule has 35 heavy (non-hydrogen) atoms. The number of carbonyl (C=O) groups excluding carboxylic acids is 1. The quantitative estimate of drug-likeness (QED) is 0.489. The van der Waals surface area contributed by atoms with Crippen LogP contribution in [0.4, 0.5) is 33.2 Å². The summed E-state index contributed by atoms with van der Waals surface area (Å²) in [6.45, 7) is 4.25. The Labute approximate surface area is 202 Å². The maximum atomic E-state index is 14.5. The summed E-state index contributed by atoms with van der Waals surface area (Å²) in [5.74, 6) is -0.695. The number of hydrogen-bond acceptors (Lipinski definition) is 7. The molecule has 8 nitrogen and oxygen atoms in total. The lowest BCUT2D eigenvalue weighted by atomic mass is 9.66. The fourth-order valence-corrected chi connectivity index (χ4v) is 5.29. The SMILES string of the molecule is C=CC(=O)N1CC2(CCC2)c2ccc(Nc3nc(Nc4ccc(S(C)(=O)=O)cc4)ncc3F)cc21. The Hall–Kier alpha value is -3.79. The molecule has 1 fully saturated rings. The molecule has 1 aromatic heterocycles. The van der Waals surface area contributed by atoms with Gasteiger partial charge in [0.1, 0.15) is 0 Å². The molecule has 0 saturated heterocycles. The van der Waals surface area contributed by atoms with Crippen LogP contribution in [0, 0.1) is 5.82 Å². The third kappa shape index (κ3) is 4.25. The first-order chi connectivity index (χ1) is 16.7. The number of aromatic nitrogens is 2. The number of halogens is 1. The summed E-state index contributed by atoms with van der Waals surface area (Å²) >= 11 is 0. The Bertz CT molecular complexity index is 1440. The Morgan fingerprint density at radius 2 is 1.86 bits per heavy atom. The van der Waals surface area contributed by atoms with Crippen LogP contribution in [0.15, 0.2) is 66.2 Å². The summed E-state index contributed by atoms with van der Waals surface area (Å²) in [4.78, 5) is 22.6. The Balaban J connectivity index is 1.40. The molecule has 1 amide bonds. The van der Waals surface area contributed by atoms with E-state index in [1.165, 1.54) is 18.2 Å². The van der Waals surface area contributed by atoms with Crippen LogP contribution in [0.5, 0.6) is 0 Å². The number of nitrogens with zero attached hydrogens (tertiary/aromatic N) is 3. The van der Waals surface area contributed by atoms with Gasteiger partial charge < -0.3 is 15.5 Å². The van der Waals surface area contributed by atoms with Gasteiger partial charge in [-0.1, -0.05) is 19.1 Å². The van der Waals surface area contributed by atoms with E-state index in [1.807, 2.05) is 18.2 Å². The minimum atomic E-state index is -3.31. The molecule has 1 spiro atoms. The highest BCUT2D eigenvalue weighted by Gasteiger charge is 2.48. The van der Waals surface area contributed by atoms with Gasteiger partial charge in [0.05, 0.1) is 11.1 Å². The maximum Gasteiger partial charge on any atom is 0.250 e. The van der Waals surface area contributed by atoms with E-state index in [0.717, 1.165) is 43.0 Å². The first-order valence-corrected chi connectivity index (χ1v) is 13.0. The van der Waals surface area contributed by atoms with E-state index >= 15 is 0 Å². The van der Waals surface area contributed by atoms with Crippen LogP contribution < -0.4 is 15.5 Å². The summed E-state index contributed by atoms with van der Waals surface area (Å²) in [7, 11) is -3.31. The number of benzene rings is 2. The lowest BCUT2D eigenvalue weighted by Gasteiger charge is -2.38. The van der Waals surface area contributed by atoms with Gasteiger partial charge in [-0.15, -0.1) is 0 Å². The van der Waals surface area contributed by atoms with Crippen molar-refractivity contribution in [3.05, 3.63) is 72.7 Å². The van der Waals surface area contributed by atoms with E-state index in [0.29, 0.717) is 17.9 Å². The van der Waals surface area contributed by atoms with Gasteiger partial charge in [0.25, 0.3) is 0 Å². The van der Waals surface area contributed by atoms with E-state index in [1.54, 1.807) is 17.0 Å². The molecule has 2 heterocycles. The molecule has 2 aliphatic rings. The average molecular weight is 494 g/mol. The molecule has 2 aromatic carbocycles. The van der Waals surface area contributed by atoms with Crippen LogP contribution in [0.1, 0.15) is 24.8 Å². The number of hydrogen-bond donors (Lipinski definition) is 2. The van der Waals surface area contributed by atoms with E-state index in [9.17, 15) is 17.6 Å². The van der Waals surface area contributed by atoms with Gasteiger partial charge in [-0.05, 0) is 60.9 Å². The fourth-order valence-electron chi connectivity index (χ4n) is 4.66.